The van der Waals surface area contributed by atoms with E-state index in [-0.39, 0.29) is 11.4 Å². The molecule has 0 bridgehead atoms. The lowest BCUT2D eigenvalue weighted by molar-refractivity contribution is -0.139. The van der Waals surface area contributed by atoms with Crippen LogP contribution < -0.4 is 5.32 Å². The maximum atomic E-state index is 13.1. The Bertz CT molecular complexity index is 406. The van der Waals surface area contributed by atoms with Crippen molar-refractivity contribution < 1.29 is 17.6 Å². The predicted octanol–water partition coefficient (Wildman–Crippen LogP) is 4.34. The van der Waals surface area contributed by atoms with Crippen molar-refractivity contribution in [2.45, 2.75) is 38.4 Å². The molecule has 0 fully saturated rings. The average Bonchev–Trinajstić information content (AvgIpc) is 2.29. The smallest absolute Gasteiger partial charge is 0.313 e. The predicted molar refractivity (Wildman–Crippen MR) is 67.9 cm³/mol. The Balaban J connectivity index is 2.78. The van der Waals surface area contributed by atoms with Crippen LogP contribution in [0.4, 0.5) is 17.6 Å². The first kappa shape index (κ1) is 16.2. The minimum atomic E-state index is -4.26. The number of nitrogens with one attached hydrogen (secondary N) is 1. The van der Waals surface area contributed by atoms with Crippen LogP contribution in [0.25, 0.3) is 0 Å². The Hall–Kier alpha value is -0.810. The molecule has 1 N–H and O–H groups in total. The fourth-order valence-corrected chi connectivity index (χ4v) is 2.00. The van der Waals surface area contributed by atoms with Gasteiger partial charge in [0.25, 0.3) is 0 Å². The van der Waals surface area contributed by atoms with E-state index in [0.29, 0.717) is 12.1 Å². The summed E-state index contributed by atoms with van der Waals surface area (Å²) in [5.41, 5.74) is 0.388. The van der Waals surface area contributed by atoms with Crippen molar-refractivity contribution in [2.24, 2.45) is 0 Å². The summed E-state index contributed by atoms with van der Waals surface area (Å²) in [6, 6.07) is 2.93. The fourth-order valence-electron chi connectivity index (χ4n) is 1.81. The highest BCUT2D eigenvalue weighted by Gasteiger charge is 2.31. The SMILES string of the molecule is CCCNC(Cc1cc(F)ccc1Cl)CC(F)(F)F. The second-order valence-electron chi connectivity index (χ2n) is 4.41. The molecule has 1 aromatic carbocycles. The first-order chi connectivity index (χ1) is 8.81. The van der Waals surface area contributed by atoms with E-state index < -0.39 is 24.5 Å². The first-order valence-corrected chi connectivity index (χ1v) is 6.43. The summed E-state index contributed by atoms with van der Waals surface area (Å²) in [7, 11) is 0. The molecule has 19 heavy (non-hydrogen) atoms. The van der Waals surface area contributed by atoms with Crippen LogP contribution in [-0.4, -0.2) is 18.8 Å². The zero-order valence-corrected chi connectivity index (χ0v) is 11.3. The molecule has 0 aliphatic heterocycles. The third-order valence-electron chi connectivity index (χ3n) is 2.63. The highest BCUT2D eigenvalue weighted by Crippen LogP contribution is 2.25. The molecular formula is C13H16ClF4N. The van der Waals surface area contributed by atoms with Gasteiger partial charge in [-0.05, 0) is 43.1 Å². The molecule has 0 saturated carbocycles. The third-order valence-corrected chi connectivity index (χ3v) is 3.00. The summed E-state index contributed by atoms with van der Waals surface area (Å²) >= 11 is 5.87. The van der Waals surface area contributed by atoms with Crippen molar-refractivity contribution in [3.8, 4) is 0 Å². The number of alkyl halides is 3. The molecule has 0 heterocycles. The number of benzene rings is 1. The van der Waals surface area contributed by atoms with Crippen molar-refractivity contribution in [1.29, 1.82) is 0 Å². The van der Waals surface area contributed by atoms with Crippen LogP contribution in [0, 0.1) is 5.82 Å². The Morgan fingerprint density at radius 3 is 2.58 bits per heavy atom. The van der Waals surface area contributed by atoms with E-state index in [1.165, 1.54) is 18.2 Å². The standard InChI is InChI=1S/C13H16ClF4N/c1-2-5-19-11(8-13(16,17)18)7-9-6-10(15)3-4-12(9)14/h3-4,6,11,19H,2,5,7-8H2,1H3. The average molecular weight is 298 g/mol. The molecule has 108 valence electrons. The van der Waals surface area contributed by atoms with Crippen molar-refractivity contribution in [1.82, 2.24) is 5.32 Å². The summed E-state index contributed by atoms with van der Waals surface area (Å²) in [5.74, 6) is -0.499. The topological polar surface area (TPSA) is 12.0 Å². The summed E-state index contributed by atoms with van der Waals surface area (Å²) in [5, 5.41) is 3.10. The van der Waals surface area contributed by atoms with Crippen LogP contribution in [0.5, 0.6) is 0 Å². The Kier molecular flexibility index (Phi) is 6.07. The molecule has 0 aliphatic carbocycles. The van der Waals surface area contributed by atoms with Crippen LogP contribution in [0.1, 0.15) is 25.3 Å². The van der Waals surface area contributed by atoms with Crippen molar-refractivity contribution in [3.05, 3.63) is 34.6 Å². The molecular weight excluding hydrogens is 282 g/mol. The van der Waals surface area contributed by atoms with Gasteiger partial charge in [0.1, 0.15) is 5.82 Å². The van der Waals surface area contributed by atoms with Gasteiger partial charge in [-0.3, -0.25) is 0 Å². The first-order valence-electron chi connectivity index (χ1n) is 6.06. The Morgan fingerprint density at radius 1 is 1.32 bits per heavy atom. The van der Waals surface area contributed by atoms with Gasteiger partial charge in [0.2, 0.25) is 0 Å². The molecule has 1 unspecified atom stereocenters. The summed E-state index contributed by atoms with van der Waals surface area (Å²) in [4.78, 5) is 0. The molecule has 6 heteroatoms. The molecule has 1 nitrogen and oxygen atoms in total. The lowest BCUT2D eigenvalue weighted by Gasteiger charge is -2.20. The van der Waals surface area contributed by atoms with E-state index in [2.05, 4.69) is 5.32 Å². The van der Waals surface area contributed by atoms with Gasteiger partial charge in [0, 0.05) is 11.1 Å². The highest BCUT2D eigenvalue weighted by atomic mass is 35.5. The zero-order valence-electron chi connectivity index (χ0n) is 10.5. The molecule has 1 rings (SSSR count). The van der Waals surface area contributed by atoms with Gasteiger partial charge in [0.05, 0.1) is 6.42 Å². The molecule has 1 aromatic rings. The van der Waals surface area contributed by atoms with Crippen LogP contribution in [0.2, 0.25) is 5.02 Å². The van der Waals surface area contributed by atoms with E-state index in [1.54, 1.807) is 0 Å². The normalized spacial score (nSPS) is 13.6. The van der Waals surface area contributed by atoms with E-state index in [1.807, 2.05) is 6.92 Å². The lowest BCUT2D eigenvalue weighted by atomic mass is 10.0. The van der Waals surface area contributed by atoms with Crippen LogP contribution >= 0.6 is 11.6 Å². The number of hydrogen-bond donors (Lipinski definition) is 1. The van der Waals surface area contributed by atoms with E-state index in [4.69, 9.17) is 11.6 Å². The molecule has 0 saturated heterocycles. The van der Waals surface area contributed by atoms with Crippen LogP contribution in [0.3, 0.4) is 0 Å². The molecule has 0 amide bonds. The van der Waals surface area contributed by atoms with Crippen LogP contribution in [0.15, 0.2) is 18.2 Å². The van der Waals surface area contributed by atoms with Gasteiger partial charge in [0.15, 0.2) is 0 Å². The highest BCUT2D eigenvalue weighted by molar-refractivity contribution is 6.31. The largest absolute Gasteiger partial charge is 0.390 e. The van der Waals surface area contributed by atoms with E-state index >= 15 is 0 Å². The van der Waals surface area contributed by atoms with Gasteiger partial charge in [-0.15, -0.1) is 0 Å². The van der Waals surface area contributed by atoms with E-state index in [0.717, 1.165) is 6.42 Å². The third kappa shape index (κ3) is 6.25. The second kappa shape index (κ2) is 7.10. The summed E-state index contributed by atoms with van der Waals surface area (Å²) in [6.45, 7) is 2.35. The number of rotatable bonds is 6. The molecule has 0 aromatic heterocycles. The molecule has 0 radical (unpaired) electrons. The molecule has 0 aliphatic rings. The Morgan fingerprint density at radius 2 is 2.00 bits per heavy atom. The second-order valence-corrected chi connectivity index (χ2v) is 4.82. The minimum Gasteiger partial charge on any atom is -0.313 e. The van der Waals surface area contributed by atoms with Gasteiger partial charge in [-0.2, -0.15) is 13.2 Å². The monoisotopic (exact) mass is 297 g/mol. The maximum absolute atomic E-state index is 13.1. The van der Waals surface area contributed by atoms with Gasteiger partial charge in [-0.25, -0.2) is 4.39 Å². The quantitative estimate of drug-likeness (QED) is 0.770. The van der Waals surface area contributed by atoms with Gasteiger partial charge in [-0.1, -0.05) is 18.5 Å². The summed E-state index contributed by atoms with van der Waals surface area (Å²) < 4.78 is 50.5. The molecule has 0 spiro atoms. The lowest BCUT2D eigenvalue weighted by Crippen LogP contribution is -2.36. The minimum absolute atomic E-state index is 0.0517. The fraction of sp³-hybridized carbons (Fsp3) is 0.538. The van der Waals surface area contributed by atoms with Crippen LogP contribution in [-0.2, 0) is 6.42 Å². The number of halogens is 5. The number of hydrogen-bond acceptors (Lipinski definition) is 1. The van der Waals surface area contributed by atoms with Crippen molar-refractivity contribution in [2.75, 3.05) is 6.54 Å². The Labute approximate surface area is 115 Å². The van der Waals surface area contributed by atoms with E-state index in [9.17, 15) is 17.6 Å². The molecule has 1 atom stereocenters. The zero-order chi connectivity index (χ0) is 14.5. The van der Waals surface area contributed by atoms with Gasteiger partial charge >= 0.3 is 6.18 Å². The maximum Gasteiger partial charge on any atom is 0.390 e. The summed E-state index contributed by atoms with van der Waals surface area (Å²) in [6.07, 6.45) is -4.44. The van der Waals surface area contributed by atoms with Crippen molar-refractivity contribution in [3.63, 3.8) is 0 Å². The van der Waals surface area contributed by atoms with Gasteiger partial charge < -0.3 is 5.32 Å². The van der Waals surface area contributed by atoms with Crippen molar-refractivity contribution >= 4 is 11.6 Å².